The van der Waals surface area contributed by atoms with Crippen LogP contribution in [0.5, 0.6) is 0 Å². The van der Waals surface area contributed by atoms with Crippen LogP contribution in [0.3, 0.4) is 0 Å². The summed E-state index contributed by atoms with van der Waals surface area (Å²) in [5.41, 5.74) is 4.17. The van der Waals surface area contributed by atoms with Crippen molar-refractivity contribution in [3.8, 4) is 0 Å². The molecule has 9 nitrogen and oxygen atoms in total. The van der Waals surface area contributed by atoms with E-state index in [0.29, 0.717) is 68.6 Å². The summed E-state index contributed by atoms with van der Waals surface area (Å²) in [5.74, 6) is -0.774. The van der Waals surface area contributed by atoms with Gasteiger partial charge in [0.2, 0.25) is 5.91 Å². The van der Waals surface area contributed by atoms with Crippen molar-refractivity contribution in [2.45, 2.75) is 32.2 Å². The van der Waals surface area contributed by atoms with Crippen LogP contribution in [0.4, 0.5) is 11.4 Å². The predicted octanol–water partition coefficient (Wildman–Crippen LogP) is 2.61. The average Bonchev–Trinajstić information content (AvgIpc) is 3.50. The molecule has 0 bridgehead atoms. The molecule has 0 aliphatic carbocycles. The monoisotopic (exact) mass is 505 g/mol. The van der Waals surface area contributed by atoms with E-state index >= 15 is 0 Å². The Labute approximate surface area is 215 Å². The summed E-state index contributed by atoms with van der Waals surface area (Å²) in [4.78, 5) is 45.4. The van der Waals surface area contributed by atoms with Gasteiger partial charge in [0.1, 0.15) is 0 Å². The maximum Gasteiger partial charge on any atom is 0.268 e. The van der Waals surface area contributed by atoms with E-state index in [0.717, 1.165) is 30.5 Å². The molecule has 2 aromatic rings. The minimum Gasteiger partial charge on any atom is -0.376 e. The minimum absolute atomic E-state index is 0.0656. The van der Waals surface area contributed by atoms with E-state index in [1.165, 1.54) is 4.90 Å². The van der Waals surface area contributed by atoms with Gasteiger partial charge in [0.05, 0.1) is 67.6 Å². The van der Waals surface area contributed by atoms with E-state index in [9.17, 15) is 14.4 Å². The van der Waals surface area contributed by atoms with Crippen molar-refractivity contribution in [3.63, 3.8) is 0 Å². The summed E-state index contributed by atoms with van der Waals surface area (Å²) < 4.78 is 16.7. The van der Waals surface area contributed by atoms with Crippen LogP contribution >= 0.6 is 0 Å². The van der Waals surface area contributed by atoms with Crippen LogP contribution in [0.25, 0.3) is 0 Å². The van der Waals surface area contributed by atoms with Gasteiger partial charge in [-0.15, -0.1) is 0 Å². The minimum atomic E-state index is -0.325. The lowest BCUT2D eigenvalue weighted by Crippen LogP contribution is -2.47. The van der Waals surface area contributed by atoms with Crippen LogP contribution in [0.1, 0.15) is 44.7 Å². The van der Waals surface area contributed by atoms with Crippen LogP contribution in [-0.2, 0) is 32.2 Å². The van der Waals surface area contributed by atoms with Crippen molar-refractivity contribution >= 4 is 29.1 Å². The molecule has 0 aromatic heterocycles. The standard InChI is InChI=1S/C28H31N3O6/c1-29(14-22-17-35-10-11-37-22)26(32)18-4-3-9-30(13-18)24-6-2-5-23-25(24)28(34)31(27(23)33)21-8-7-19-15-36-16-20(19)12-21/h2,5-8,12,18,22H,3-4,9-11,13-17H2,1H3. The molecule has 4 aliphatic heterocycles. The number of carbonyl (C=O) groups excluding carboxylic acids is 3. The van der Waals surface area contributed by atoms with Gasteiger partial charge in [-0.05, 0) is 48.2 Å². The first-order valence-corrected chi connectivity index (χ1v) is 12.9. The molecular formula is C28H31N3O6. The van der Waals surface area contributed by atoms with Gasteiger partial charge in [-0.2, -0.15) is 0 Å². The highest BCUT2D eigenvalue weighted by Gasteiger charge is 2.41. The zero-order valence-corrected chi connectivity index (χ0v) is 21.0. The normalized spacial score (nSPS) is 23.3. The molecule has 0 saturated carbocycles. The Balaban J connectivity index is 1.21. The Bertz CT molecular complexity index is 1240. The SMILES string of the molecule is CN(CC1COCCO1)C(=O)C1CCCN(c2cccc3c2C(=O)N(c2ccc4c(c2)COC4)C3=O)C1. The molecule has 2 saturated heterocycles. The van der Waals surface area contributed by atoms with E-state index in [2.05, 4.69) is 4.90 Å². The first kappa shape index (κ1) is 24.1. The summed E-state index contributed by atoms with van der Waals surface area (Å²) in [5, 5.41) is 0. The quantitative estimate of drug-likeness (QED) is 0.577. The molecule has 2 atom stereocenters. The highest BCUT2D eigenvalue weighted by molar-refractivity contribution is 6.36. The van der Waals surface area contributed by atoms with E-state index in [4.69, 9.17) is 14.2 Å². The molecule has 0 radical (unpaired) electrons. The number of ether oxygens (including phenoxy) is 3. The molecule has 2 fully saturated rings. The average molecular weight is 506 g/mol. The van der Waals surface area contributed by atoms with Gasteiger partial charge in [0.25, 0.3) is 11.8 Å². The molecule has 3 amide bonds. The molecule has 2 unspecified atom stereocenters. The van der Waals surface area contributed by atoms with Gasteiger partial charge in [0, 0.05) is 26.7 Å². The number of hydrogen-bond donors (Lipinski definition) is 0. The maximum atomic E-state index is 13.7. The fourth-order valence-corrected chi connectivity index (χ4v) is 5.81. The van der Waals surface area contributed by atoms with E-state index < -0.39 is 0 Å². The van der Waals surface area contributed by atoms with Crippen molar-refractivity contribution in [1.82, 2.24) is 4.90 Å². The van der Waals surface area contributed by atoms with Crippen LogP contribution in [-0.4, -0.2) is 75.2 Å². The Morgan fingerprint density at radius 2 is 1.92 bits per heavy atom. The van der Waals surface area contributed by atoms with Crippen molar-refractivity contribution < 1.29 is 28.6 Å². The molecule has 4 heterocycles. The van der Waals surface area contributed by atoms with E-state index in [1.54, 1.807) is 24.1 Å². The number of anilines is 2. The van der Waals surface area contributed by atoms with Crippen LogP contribution in [0.15, 0.2) is 36.4 Å². The van der Waals surface area contributed by atoms with Gasteiger partial charge in [0.15, 0.2) is 0 Å². The second-order valence-corrected chi connectivity index (χ2v) is 10.2. The lowest BCUT2D eigenvalue weighted by Gasteiger charge is -2.37. The highest BCUT2D eigenvalue weighted by atomic mass is 16.6. The first-order valence-electron chi connectivity index (χ1n) is 12.9. The molecule has 0 spiro atoms. The summed E-state index contributed by atoms with van der Waals surface area (Å²) >= 11 is 0. The fourth-order valence-electron chi connectivity index (χ4n) is 5.81. The lowest BCUT2D eigenvalue weighted by molar-refractivity contribution is -0.140. The summed E-state index contributed by atoms with van der Waals surface area (Å²) in [6.45, 7) is 4.37. The summed E-state index contributed by atoms with van der Waals surface area (Å²) in [6, 6.07) is 11.0. The van der Waals surface area contributed by atoms with Crippen molar-refractivity contribution in [2.75, 3.05) is 56.3 Å². The second kappa shape index (κ2) is 9.89. The molecule has 194 valence electrons. The molecular weight excluding hydrogens is 474 g/mol. The number of hydrogen-bond acceptors (Lipinski definition) is 7. The van der Waals surface area contributed by atoms with Gasteiger partial charge in [-0.1, -0.05) is 12.1 Å². The molecule has 4 aliphatic rings. The number of piperidine rings is 1. The van der Waals surface area contributed by atoms with Gasteiger partial charge < -0.3 is 24.0 Å². The molecule has 37 heavy (non-hydrogen) atoms. The number of carbonyl (C=O) groups is 3. The number of fused-ring (bicyclic) bond motifs is 2. The topological polar surface area (TPSA) is 88.6 Å². The number of nitrogens with zero attached hydrogens (tertiary/aromatic N) is 3. The lowest BCUT2D eigenvalue weighted by atomic mass is 9.95. The van der Waals surface area contributed by atoms with Crippen LogP contribution in [0, 0.1) is 5.92 Å². The highest BCUT2D eigenvalue weighted by Crippen LogP contribution is 2.37. The fraction of sp³-hybridized carbons (Fsp3) is 0.464. The smallest absolute Gasteiger partial charge is 0.268 e. The number of benzene rings is 2. The first-order chi connectivity index (χ1) is 18.0. The van der Waals surface area contributed by atoms with E-state index in [-0.39, 0.29) is 29.7 Å². The largest absolute Gasteiger partial charge is 0.376 e. The predicted molar refractivity (Wildman–Crippen MR) is 136 cm³/mol. The molecule has 6 rings (SSSR count). The third-order valence-electron chi connectivity index (χ3n) is 7.71. The molecule has 2 aromatic carbocycles. The Morgan fingerprint density at radius 1 is 1.05 bits per heavy atom. The van der Waals surface area contributed by atoms with Crippen molar-refractivity contribution in [3.05, 3.63) is 58.7 Å². The Morgan fingerprint density at radius 3 is 2.76 bits per heavy atom. The number of amides is 3. The third kappa shape index (κ3) is 4.41. The van der Waals surface area contributed by atoms with Crippen molar-refractivity contribution in [2.24, 2.45) is 5.92 Å². The van der Waals surface area contributed by atoms with Gasteiger partial charge in [-0.25, -0.2) is 4.90 Å². The Hall–Kier alpha value is -3.27. The zero-order valence-electron chi connectivity index (χ0n) is 21.0. The summed E-state index contributed by atoms with van der Waals surface area (Å²) in [6.07, 6.45) is 1.50. The van der Waals surface area contributed by atoms with Gasteiger partial charge >= 0.3 is 0 Å². The van der Waals surface area contributed by atoms with Crippen LogP contribution < -0.4 is 9.80 Å². The number of rotatable bonds is 5. The molecule has 9 heteroatoms. The maximum absolute atomic E-state index is 13.7. The zero-order chi connectivity index (χ0) is 25.5. The third-order valence-corrected chi connectivity index (χ3v) is 7.71. The Kier molecular flexibility index (Phi) is 6.44. The van der Waals surface area contributed by atoms with Crippen LogP contribution in [0.2, 0.25) is 0 Å². The molecule has 0 N–H and O–H groups in total. The van der Waals surface area contributed by atoms with Gasteiger partial charge in [-0.3, -0.25) is 14.4 Å². The summed E-state index contributed by atoms with van der Waals surface area (Å²) in [7, 11) is 1.81. The number of likely N-dealkylation sites (N-methyl/N-ethyl adjacent to an activating group) is 1. The second-order valence-electron chi connectivity index (χ2n) is 10.2. The van der Waals surface area contributed by atoms with E-state index in [1.807, 2.05) is 24.3 Å². The number of imide groups is 1. The van der Waals surface area contributed by atoms with Crippen molar-refractivity contribution in [1.29, 1.82) is 0 Å².